The molecule has 6 nitrogen and oxygen atoms in total. The molecular formula is C20H20N4O2S. The van der Waals surface area contributed by atoms with Crippen molar-refractivity contribution in [3.8, 4) is 0 Å². The number of furan rings is 1. The number of imidazole rings is 1. The number of aromatic nitrogens is 3. The lowest BCUT2D eigenvalue weighted by molar-refractivity contribution is 0.0959. The van der Waals surface area contributed by atoms with Crippen molar-refractivity contribution in [2.75, 3.05) is 11.4 Å². The number of aryl methyl sites for hydroxylation is 3. The summed E-state index contributed by atoms with van der Waals surface area (Å²) in [5.41, 5.74) is 3.28. The van der Waals surface area contributed by atoms with E-state index >= 15 is 0 Å². The number of anilines is 1. The molecule has 1 amide bonds. The van der Waals surface area contributed by atoms with Crippen LogP contribution in [-0.4, -0.2) is 27.0 Å². The summed E-state index contributed by atoms with van der Waals surface area (Å²) >= 11 is 1.55. The lowest BCUT2D eigenvalue weighted by Crippen LogP contribution is -2.32. The Bertz CT molecular complexity index is 1050. The quantitative estimate of drug-likeness (QED) is 0.496. The molecule has 3 aromatic heterocycles. The zero-order valence-corrected chi connectivity index (χ0v) is 16.1. The standard InChI is InChI=1S/C20H20N4O2S/c1-14-11-15(2)18-16(12-14)22-20(27-18)24(19(25)17-5-3-10-26-17)8-4-7-23-9-6-21-13-23/h3,5-6,9-13H,4,7-8H2,1-2H3. The number of fused-ring (bicyclic) bond motifs is 1. The first-order chi connectivity index (χ1) is 13.1. The van der Waals surface area contributed by atoms with Gasteiger partial charge in [0.2, 0.25) is 0 Å². The highest BCUT2D eigenvalue weighted by molar-refractivity contribution is 7.22. The Kier molecular flexibility index (Phi) is 4.77. The Hall–Kier alpha value is -2.93. The summed E-state index contributed by atoms with van der Waals surface area (Å²) in [6.07, 6.45) is 7.76. The molecule has 0 radical (unpaired) electrons. The van der Waals surface area contributed by atoms with E-state index in [0.717, 1.165) is 23.2 Å². The lowest BCUT2D eigenvalue weighted by Gasteiger charge is -2.18. The van der Waals surface area contributed by atoms with E-state index in [1.54, 1.807) is 40.9 Å². The molecule has 0 fully saturated rings. The second kappa shape index (κ2) is 7.36. The van der Waals surface area contributed by atoms with Crippen molar-refractivity contribution in [2.45, 2.75) is 26.8 Å². The number of carbonyl (C=O) groups is 1. The van der Waals surface area contributed by atoms with E-state index < -0.39 is 0 Å². The molecule has 0 saturated heterocycles. The third-order valence-corrected chi connectivity index (χ3v) is 5.60. The monoisotopic (exact) mass is 380 g/mol. The molecule has 0 aliphatic heterocycles. The number of carbonyl (C=O) groups excluding carboxylic acids is 1. The van der Waals surface area contributed by atoms with Crippen molar-refractivity contribution in [3.63, 3.8) is 0 Å². The van der Waals surface area contributed by atoms with Gasteiger partial charge in [0.25, 0.3) is 5.91 Å². The molecule has 0 saturated carbocycles. The SMILES string of the molecule is Cc1cc(C)c2sc(N(CCCn3ccnc3)C(=O)c3ccco3)nc2c1. The van der Waals surface area contributed by atoms with Crippen molar-refractivity contribution in [1.82, 2.24) is 14.5 Å². The van der Waals surface area contributed by atoms with Crippen molar-refractivity contribution in [2.24, 2.45) is 0 Å². The molecule has 138 valence electrons. The van der Waals surface area contributed by atoms with Crippen molar-refractivity contribution >= 4 is 32.6 Å². The Morgan fingerprint density at radius 1 is 1.33 bits per heavy atom. The molecule has 0 aliphatic carbocycles. The summed E-state index contributed by atoms with van der Waals surface area (Å²) in [4.78, 5) is 23.5. The molecule has 0 atom stereocenters. The van der Waals surface area contributed by atoms with Crippen molar-refractivity contribution < 1.29 is 9.21 Å². The predicted molar refractivity (Wildman–Crippen MR) is 106 cm³/mol. The minimum absolute atomic E-state index is 0.168. The van der Waals surface area contributed by atoms with Crippen LogP contribution in [0.1, 0.15) is 28.1 Å². The smallest absolute Gasteiger partial charge is 0.295 e. The van der Waals surface area contributed by atoms with Crippen LogP contribution in [-0.2, 0) is 6.54 Å². The lowest BCUT2D eigenvalue weighted by atomic mass is 10.1. The Morgan fingerprint density at radius 3 is 2.96 bits per heavy atom. The van der Waals surface area contributed by atoms with Crippen LogP contribution in [0.15, 0.2) is 53.7 Å². The highest BCUT2D eigenvalue weighted by Gasteiger charge is 2.23. The first kappa shape index (κ1) is 17.5. The van der Waals surface area contributed by atoms with Gasteiger partial charge < -0.3 is 8.98 Å². The van der Waals surface area contributed by atoms with Crippen molar-refractivity contribution in [3.05, 3.63) is 66.1 Å². The summed E-state index contributed by atoms with van der Waals surface area (Å²) in [5, 5.41) is 0.700. The van der Waals surface area contributed by atoms with Crippen LogP contribution in [0.4, 0.5) is 5.13 Å². The minimum Gasteiger partial charge on any atom is -0.459 e. The highest BCUT2D eigenvalue weighted by Crippen LogP contribution is 2.33. The Labute approximate surface area is 161 Å². The fraction of sp³-hybridized carbons (Fsp3) is 0.250. The van der Waals surface area contributed by atoms with E-state index in [4.69, 9.17) is 9.40 Å². The van der Waals surface area contributed by atoms with Gasteiger partial charge in [0.1, 0.15) is 0 Å². The molecule has 0 spiro atoms. The Morgan fingerprint density at radius 2 is 2.22 bits per heavy atom. The molecule has 27 heavy (non-hydrogen) atoms. The van der Waals surface area contributed by atoms with Gasteiger partial charge >= 0.3 is 0 Å². The number of hydrogen-bond donors (Lipinski definition) is 0. The van der Waals surface area contributed by atoms with Crippen LogP contribution in [0.25, 0.3) is 10.2 Å². The van der Waals surface area contributed by atoms with Gasteiger partial charge in [0.05, 0.1) is 22.8 Å². The van der Waals surface area contributed by atoms with Gasteiger partial charge in [0, 0.05) is 25.5 Å². The third-order valence-electron chi connectivity index (χ3n) is 4.37. The summed E-state index contributed by atoms with van der Waals surface area (Å²) in [7, 11) is 0. The van der Waals surface area contributed by atoms with Gasteiger partial charge in [-0.25, -0.2) is 9.97 Å². The van der Waals surface area contributed by atoms with Gasteiger partial charge in [-0.15, -0.1) is 0 Å². The van der Waals surface area contributed by atoms with Gasteiger partial charge in [0.15, 0.2) is 10.9 Å². The summed E-state index contributed by atoms with van der Waals surface area (Å²) < 4.78 is 8.45. The average molecular weight is 380 g/mol. The van der Waals surface area contributed by atoms with Crippen LogP contribution in [0, 0.1) is 13.8 Å². The second-order valence-electron chi connectivity index (χ2n) is 6.51. The van der Waals surface area contributed by atoms with E-state index in [2.05, 4.69) is 31.0 Å². The fourth-order valence-electron chi connectivity index (χ4n) is 3.13. The van der Waals surface area contributed by atoms with Gasteiger partial charge in [-0.3, -0.25) is 9.69 Å². The molecule has 0 unspecified atom stereocenters. The molecule has 0 aliphatic rings. The summed E-state index contributed by atoms with van der Waals surface area (Å²) in [5.74, 6) is 0.156. The van der Waals surface area contributed by atoms with Gasteiger partial charge in [-0.1, -0.05) is 17.4 Å². The third kappa shape index (κ3) is 3.64. The number of nitrogens with zero attached hydrogens (tertiary/aromatic N) is 4. The largest absolute Gasteiger partial charge is 0.459 e. The number of thiazole rings is 1. The zero-order valence-electron chi connectivity index (χ0n) is 15.3. The first-order valence-electron chi connectivity index (χ1n) is 8.81. The fourth-order valence-corrected chi connectivity index (χ4v) is 4.17. The topological polar surface area (TPSA) is 64.2 Å². The van der Waals surface area contributed by atoms with E-state index in [1.165, 1.54) is 17.4 Å². The summed E-state index contributed by atoms with van der Waals surface area (Å²) in [6, 6.07) is 7.61. The molecule has 3 heterocycles. The van der Waals surface area contributed by atoms with Gasteiger partial charge in [-0.05, 0) is 49.6 Å². The van der Waals surface area contributed by atoms with Crippen LogP contribution in [0.3, 0.4) is 0 Å². The van der Waals surface area contributed by atoms with Crippen LogP contribution in [0.5, 0.6) is 0 Å². The molecule has 4 aromatic rings. The zero-order chi connectivity index (χ0) is 18.8. The van der Waals surface area contributed by atoms with E-state index in [-0.39, 0.29) is 5.91 Å². The number of hydrogen-bond acceptors (Lipinski definition) is 5. The second-order valence-corrected chi connectivity index (χ2v) is 7.49. The maximum atomic E-state index is 13.0. The molecule has 0 bridgehead atoms. The summed E-state index contributed by atoms with van der Waals surface area (Å²) in [6.45, 7) is 5.47. The molecule has 0 N–H and O–H groups in total. The highest BCUT2D eigenvalue weighted by atomic mass is 32.1. The van der Waals surface area contributed by atoms with E-state index in [0.29, 0.717) is 17.4 Å². The number of rotatable bonds is 6. The predicted octanol–water partition coefficient (Wildman–Crippen LogP) is 4.44. The number of benzene rings is 1. The number of amides is 1. The molecule has 1 aromatic carbocycles. The first-order valence-corrected chi connectivity index (χ1v) is 9.62. The minimum atomic E-state index is -0.168. The van der Waals surface area contributed by atoms with E-state index in [9.17, 15) is 4.79 Å². The Balaban J connectivity index is 1.64. The normalized spacial score (nSPS) is 11.2. The average Bonchev–Trinajstić information content (AvgIpc) is 3.38. The van der Waals surface area contributed by atoms with Crippen LogP contribution >= 0.6 is 11.3 Å². The van der Waals surface area contributed by atoms with E-state index in [1.807, 2.05) is 10.8 Å². The van der Waals surface area contributed by atoms with Gasteiger partial charge in [-0.2, -0.15) is 0 Å². The van der Waals surface area contributed by atoms with Crippen LogP contribution in [0.2, 0.25) is 0 Å². The molecule has 7 heteroatoms. The molecule has 4 rings (SSSR count). The maximum Gasteiger partial charge on any atom is 0.295 e. The van der Waals surface area contributed by atoms with Crippen LogP contribution < -0.4 is 4.90 Å². The van der Waals surface area contributed by atoms with Crippen molar-refractivity contribution in [1.29, 1.82) is 0 Å². The molecular weight excluding hydrogens is 360 g/mol. The maximum absolute atomic E-state index is 13.0.